The highest BCUT2D eigenvalue weighted by molar-refractivity contribution is 5.87. The van der Waals surface area contributed by atoms with Crippen molar-refractivity contribution in [1.82, 2.24) is 30.6 Å². The van der Waals surface area contributed by atoms with E-state index in [9.17, 15) is 19.2 Å². The molecule has 12 nitrogen and oxygen atoms in total. The predicted octanol–water partition coefficient (Wildman–Crippen LogP) is 12.4. The Labute approximate surface area is 363 Å². The van der Waals surface area contributed by atoms with Crippen LogP contribution in [0, 0.1) is 0 Å². The van der Waals surface area contributed by atoms with Crippen LogP contribution in [0.1, 0.15) is 231 Å². The van der Waals surface area contributed by atoms with E-state index >= 15 is 0 Å². The maximum absolute atomic E-state index is 12.4. The van der Waals surface area contributed by atoms with Crippen molar-refractivity contribution in [3.05, 3.63) is 44.2 Å². The number of aromatic nitrogens is 4. The van der Waals surface area contributed by atoms with E-state index in [1.807, 2.05) is 0 Å². The molecule has 0 bridgehead atoms. The first-order valence-electron chi connectivity index (χ1n) is 24.7. The summed E-state index contributed by atoms with van der Waals surface area (Å²) < 4.78 is 0. The van der Waals surface area contributed by atoms with Gasteiger partial charge in [0.05, 0.1) is 0 Å². The van der Waals surface area contributed by atoms with Crippen LogP contribution in [0.2, 0.25) is 0 Å². The Bertz CT molecular complexity index is 1370. The van der Waals surface area contributed by atoms with Gasteiger partial charge < -0.3 is 10.6 Å². The fourth-order valence-electron chi connectivity index (χ4n) is 7.70. The number of anilines is 2. The Kier molecular flexibility index (Phi) is 32.4. The molecule has 0 aromatic carbocycles. The number of aromatic amines is 2. The van der Waals surface area contributed by atoms with Gasteiger partial charge in [0.1, 0.15) is 0 Å². The van der Waals surface area contributed by atoms with Crippen LogP contribution in [-0.4, -0.2) is 45.1 Å². The number of carbonyl (C=O) groups is 2. The molecule has 0 aliphatic heterocycles. The van der Waals surface area contributed by atoms with Gasteiger partial charge in [0.15, 0.2) is 0 Å². The monoisotopic (exact) mass is 839 g/mol. The first kappa shape index (κ1) is 52.4. The van der Waals surface area contributed by atoms with E-state index in [1.54, 1.807) is 0 Å². The molecule has 2 aromatic rings. The fourth-order valence-corrected chi connectivity index (χ4v) is 7.70. The van der Waals surface area contributed by atoms with Gasteiger partial charge >= 0.3 is 12.1 Å². The molecule has 0 atom stereocenters. The fraction of sp³-hybridized carbons (Fsp3) is 0.792. The second-order valence-electron chi connectivity index (χ2n) is 17.0. The summed E-state index contributed by atoms with van der Waals surface area (Å²) in [7, 11) is 0. The van der Waals surface area contributed by atoms with Crippen molar-refractivity contribution < 1.29 is 9.59 Å². The summed E-state index contributed by atoms with van der Waals surface area (Å²) in [6.45, 7) is 5.68. The van der Waals surface area contributed by atoms with Gasteiger partial charge in [-0.25, -0.2) is 19.6 Å². The third-order valence-electron chi connectivity index (χ3n) is 11.3. The Morgan fingerprint density at radius 2 is 0.683 bits per heavy atom. The standard InChI is InChI=1S/C48H86N8O4/c1-3-5-7-9-11-13-15-19-23-27-31-35-41-39-43(57)53-45(51-41)55-47(59)49-37-33-29-25-21-17-18-22-26-30-34-38-50-48(60)56-46-52-42(40-44(58)54-46)36-32-28-24-20-16-14-12-10-8-6-4-2/h39-40H,3-38H2,1-2H3,(H3,49,51,53,55,57,59)(H3,50,52,54,56,58,60). The van der Waals surface area contributed by atoms with Crippen molar-refractivity contribution in [3.63, 3.8) is 0 Å². The smallest absolute Gasteiger partial charge is 0.321 e. The van der Waals surface area contributed by atoms with Gasteiger partial charge in [0, 0.05) is 36.6 Å². The third-order valence-corrected chi connectivity index (χ3v) is 11.3. The summed E-state index contributed by atoms with van der Waals surface area (Å²) in [5, 5.41) is 11.1. The summed E-state index contributed by atoms with van der Waals surface area (Å²) in [6.07, 6.45) is 40.5. The maximum atomic E-state index is 12.4. The third kappa shape index (κ3) is 30.3. The van der Waals surface area contributed by atoms with Crippen molar-refractivity contribution in [2.24, 2.45) is 0 Å². The first-order valence-corrected chi connectivity index (χ1v) is 24.7. The molecule has 0 aliphatic rings. The molecule has 2 heterocycles. The molecule has 0 unspecified atom stereocenters. The predicted molar refractivity (Wildman–Crippen MR) is 250 cm³/mol. The molecule has 6 N–H and O–H groups in total. The molecule has 0 aliphatic carbocycles. The Hall–Kier alpha value is -3.70. The number of aryl methyl sites for hydroxylation is 2. The molecule has 0 spiro atoms. The lowest BCUT2D eigenvalue weighted by Crippen LogP contribution is -2.31. The highest BCUT2D eigenvalue weighted by Crippen LogP contribution is 2.15. The summed E-state index contributed by atoms with van der Waals surface area (Å²) in [5.74, 6) is 0.412. The minimum absolute atomic E-state index is 0.206. The summed E-state index contributed by atoms with van der Waals surface area (Å²) in [6, 6.07) is 2.38. The Balaban J connectivity index is 1.40. The highest BCUT2D eigenvalue weighted by atomic mass is 16.2. The van der Waals surface area contributed by atoms with Gasteiger partial charge in [-0.2, -0.15) is 0 Å². The maximum Gasteiger partial charge on any atom is 0.321 e. The number of nitrogens with one attached hydrogen (secondary N) is 6. The van der Waals surface area contributed by atoms with E-state index in [4.69, 9.17) is 0 Å². The average Bonchev–Trinajstić information content (AvgIpc) is 3.21. The summed E-state index contributed by atoms with van der Waals surface area (Å²) >= 11 is 0. The second-order valence-corrected chi connectivity index (χ2v) is 17.0. The molecule has 0 saturated carbocycles. The highest BCUT2D eigenvalue weighted by Gasteiger charge is 2.08. The van der Waals surface area contributed by atoms with Crippen LogP contribution in [0.4, 0.5) is 21.5 Å². The zero-order valence-corrected chi connectivity index (χ0v) is 38.1. The molecule has 60 heavy (non-hydrogen) atoms. The Morgan fingerprint density at radius 3 is 0.983 bits per heavy atom. The van der Waals surface area contributed by atoms with E-state index in [0.717, 1.165) is 88.4 Å². The molecule has 2 rings (SSSR count). The number of rotatable bonds is 39. The minimum atomic E-state index is -0.343. The van der Waals surface area contributed by atoms with Crippen molar-refractivity contribution in [2.45, 2.75) is 232 Å². The number of amides is 4. The number of nitrogens with zero attached hydrogens (tertiary/aromatic N) is 2. The van der Waals surface area contributed by atoms with Crippen LogP contribution in [0.5, 0.6) is 0 Å². The number of hydrogen-bond acceptors (Lipinski definition) is 6. The Morgan fingerprint density at radius 1 is 0.417 bits per heavy atom. The number of H-pyrrole nitrogens is 2. The van der Waals surface area contributed by atoms with E-state index in [-0.39, 0.29) is 35.1 Å². The lowest BCUT2D eigenvalue weighted by Gasteiger charge is -2.09. The molecule has 342 valence electrons. The minimum Gasteiger partial charge on any atom is -0.338 e. The van der Waals surface area contributed by atoms with Crippen LogP contribution in [-0.2, 0) is 12.8 Å². The molecule has 12 heteroatoms. The average molecular weight is 839 g/mol. The molecule has 0 fully saturated rings. The largest absolute Gasteiger partial charge is 0.338 e. The van der Waals surface area contributed by atoms with Crippen LogP contribution in [0.15, 0.2) is 21.7 Å². The van der Waals surface area contributed by atoms with Gasteiger partial charge in [0.25, 0.3) is 11.1 Å². The number of unbranched alkanes of at least 4 members (excludes halogenated alkanes) is 29. The number of hydrogen-bond donors (Lipinski definition) is 6. The first-order chi connectivity index (χ1) is 29.4. The molecule has 0 radical (unpaired) electrons. The van der Waals surface area contributed by atoms with E-state index in [0.29, 0.717) is 13.1 Å². The molecule has 4 amide bonds. The topological polar surface area (TPSA) is 174 Å². The zero-order chi connectivity index (χ0) is 43.1. The van der Waals surface area contributed by atoms with Gasteiger partial charge in [-0.05, 0) is 38.5 Å². The van der Waals surface area contributed by atoms with E-state index in [1.165, 1.54) is 153 Å². The van der Waals surface area contributed by atoms with Crippen molar-refractivity contribution in [3.8, 4) is 0 Å². The van der Waals surface area contributed by atoms with Crippen molar-refractivity contribution in [2.75, 3.05) is 23.7 Å². The van der Waals surface area contributed by atoms with Crippen LogP contribution >= 0.6 is 0 Å². The molecular weight excluding hydrogens is 753 g/mol. The zero-order valence-electron chi connectivity index (χ0n) is 38.1. The van der Waals surface area contributed by atoms with E-state index in [2.05, 4.69) is 55.1 Å². The number of urea groups is 2. The summed E-state index contributed by atoms with van der Waals surface area (Å²) in [5.41, 5.74) is 0.966. The van der Waals surface area contributed by atoms with Crippen LogP contribution < -0.4 is 32.4 Å². The van der Waals surface area contributed by atoms with Crippen LogP contribution in [0.3, 0.4) is 0 Å². The second kappa shape index (κ2) is 37.1. The lowest BCUT2D eigenvalue weighted by atomic mass is 10.0. The molecular formula is C48H86N8O4. The summed E-state index contributed by atoms with van der Waals surface area (Å²) in [4.78, 5) is 63.2. The number of carbonyl (C=O) groups excluding carboxylic acids is 2. The van der Waals surface area contributed by atoms with E-state index < -0.39 is 0 Å². The quantitative estimate of drug-likeness (QED) is 0.0365. The lowest BCUT2D eigenvalue weighted by molar-refractivity contribution is 0.251. The normalized spacial score (nSPS) is 11.2. The van der Waals surface area contributed by atoms with Crippen LogP contribution in [0.25, 0.3) is 0 Å². The van der Waals surface area contributed by atoms with Gasteiger partial charge in [-0.15, -0.1) is 0 Å². The molecule has 0 saturated heterocycles. The molecule has 2 aromatic heterocycles. The van der Waals surface area contributed by atoms with Gasteiger partial charge in [-0.1, -0.05) is 194 Å². The van der Waals surface area contributed by atoms with Gasteiger partial charge in [0.2, 0.25) is 11.9 Å². The van der Waals surface area contributed by atoms with Crippen molar-refractivity contribution in [1.29, 1.82) is 0 Å². The SMILES string of the molecule is CCCCCCCCCCCCCc1cc(=O)[nH]c(NC(=O)NCCCCCCCCCCCCNC(=O)Nc2nc(CCCCCCCCCCCCC)cc(=O)[nH]2)n1. The van der Waals surface area contributed by atoms with Gasteiger partial charge in [-0.3, -0.25) is 30.2 Å². The van der Waals surface area contributed by atoms with Crippen molar-refractivity contribution >= 4 is 24.0 Å².